The van der Waals surface area contributed by atoms with Crippen LogP contribution in [-0.2, 0) is 23.9 Å². The first-order chi connectivity index (χ1) is 18.4. The molecule has 3 rings (SSSR count). The molecule has 0 spiro atoms. The zero-order chi connectivity index (χ0) is 27.5. The summed E-state index contributed by atoms with van der Waals surface area (Å²) in [6.45, 7) is 8.58. The average Bonchev–Trinajstić information content (AvgIpc) is 2.92. The third-order valence-electron chi connectivity index (χ3n) is 8.12. The average molecular weight is 534 g/mol. The maximum Gasteiger partial charge on any atom is 0.409 e. The number of carbonyl (C=O) groups is 4. The predicted molar refractivity (Wildman–Crippen MR) is 144 cm³/mol. The maximum absolute atomic E-state index is 13.8. The second-order valence-corrected chi connectivity index (χ2v) is 10.7. The molecule has 0 bridgehead atoms. The van der Waals surface area contributed by atoms with Crippen molar-refractivity contribution < 1.29 is 28.7 Å². The van der Waals surface area contributed by atoms with Gasteiger partial charge in [-0.3, -0.25) is 14.4 Å². The zero-order valence-corrected chi connectivity index (χ0v) is 23.7. The minimum absolute atomic E-state index is 0.0508. The summed E-state index contributed by atoms with van der Waals surface area (Å²) in [4.78, 5) is 57.7. The number of nitrogens with zero attached hydrogens (tertiary/aromatic N) is 3. The van der Waals surface area contributed by atoms with Crippen LogP contribution in [0.5, 0.6) is 0 Å². The van der Waals surface area contributed by atoms with Gasteiger partial charge in [-0.1, -0.05) is 45.1 Å². The molecular formula is C29H47N3O6. The number of piperazine rings is 1. The van der Waals surface area contributed by atoms with Gasteiger partial charge in [-0.2, -0.15) is 0 Å². The summed E-state index contributed by atoms with van der Waals surface area (Å²) in [5.41, 5.74) is -0.0645. The molecule has 3 aliphatic rings. The molecule has 0 unspecified atom stereocenters. The van der Waals surface area contributed by atoms with Crippen LogP contribution in [0.25, 0.3) is 0 Å². The normalized spacial score (nSPS) is 23.6. The van der Waals surface area contributed by atoms with Gasteiger partial charge < -0.3 is 24.2 Å². The number of rotatable bonds is 12. The van der Waals surface area contributed by atoms with E-state index < -0.39 is 11.3 Å². The molecule has 2 aliphatic heterocycles. The van der Waals surface area contributed by atoms with Crippen LogP contribution in [0.3, 0.4) is 0 Å². The van der Waals surface area contributed by atoms with Gasteiger partial charge in [-0.15, -0.1) is 0 Å². The van der Waals surface area contributed by atoms with Crippen LogP contribution >= 0.6 is 0 Å². The van der Waals surface area contributed by atoms with Gasteiger partial charge in [0.25, 0.3) is 0 Å². The number of carbonyl (C=O) groups excluding carboxylic acids is 4. The van der Waals surface area contributed by atoms with Crippen molar-refractivity contribution in [1.82, 2.24) is 14.7 Å². The van der Waals surface area contributed by atoms with Gasteiger partial charge in [0.05, 0.1) is 13.2 Å². The van der Waals surface area contributed by atoms with Crippen LogP contribution in [0.15, 0.2) is 11.8 Å². The Morgan fingerprint density at radius 3 is 2.26 bits per heavy atom. The van der Waals surface area contributed by atoms with E-state index in [1.165, 1.54) is 19.3 Å². The Morgan fingerprint density at radius 2 is 1.58 bits per heavy atom. The molecule has 9 nitrogen and oxygen atoms in total. The monoisotopic (exact) mass is 533 g/mol. The van der Waals surface area contributed by atoms with Crippen molar-refractivity contribution in [2.45, 2.75) is 91.4 Å². The zero-order valence-electron chi connectivity index (χ0n) is 23.7. The Hall–Kier alpha value is -2.58. The number of hydrogen-bond donors (Lipinski definition) is 0. The third-order valence-corrected chi connectivity index (χ3v) is 8.12. The number of hydrogen-bond acceptors (Lipinski definition) is 6. The second kappa shape index (κ2) is 14.5. The van der Waals surface area contributed by atoms with E-state index in [4.69, 9.17) is 9.47 Å². The van der Waals surface area contributed by atoms with Crippen LogP contribution < -0.4 is 0 Å². The molecule has 0 aromatic heterocycles. The van der Waals surface area contributed by atoms with E-state index in [9.17, 15) is 19.2 Å². The van der Waals surface area contributed by atoms with Gasteiger partial charge in [0.2, 0.25) is 11.8 Å². The molecule has 214 valence electrons. The van der Waals surface area contributed by atoms with Crippen molar-refractivity contribution in [3.8, 4) is 0 Å². The summed E-state index contributed by atoms with van der Waals surface area (Å²) in [6.07, 6.45) is 11.1. The smallest absolute Gasteiger partial charge is 0.409 e. The molecule has 0 radical (unpaired) electrons. The number of esters is 1. The minimum atomic E-state index is -0.863. The summed E-state index contributed by atoms with van der Waals surface area (Å²) in [6, 6.07) is 0. The number of ether oxygens (including phenoxy) is 2. The van der Waals surface area contributed by atoms with E-state index in [1.54, 1.807) is 23.6 Å². The molecule has 3 amide bonds. The van der Waals surface area contributed by atoms with Crippen molar-refractivity contribution >= 4 is 23.9 Å². The van der Waals surface area contributed by atoms with E-state index >= 15 is 0 Å². The standard InChI is InChI=1S/C29H47N3O6/c1-4-7-8-9-10-13-16-32-24-14-11-12-15-29(24,27(35)37-5-2)22-23(26(32)34)21-25(33)30-17-19-31(20-18-30)28(36)38-6-3/h14,23H,4-13,15-22H2,1-3H3/t23-,29+/m1/s1. The van der Waals surface area contributed by atoms with Crippen LogP contribution in [0.1, 0.15) is 91.4 Å². The SMILES string of the molecule is CCCCCCCCN1C(=O)[C@H](CC(=O)N2CCN(C(=O)OCC)CC2)C[C@@]2(C(=O)OCC)CCCC=C12. The van der Waals surface area contributed by atoms with Gasteiger partial charge in [0.1, 0.15) is 5.41 Å². The highest BCUT2D eigenvalue weighted by Gasteiger charge is 2.54. The molecule has 2 heterocycles. The molecule has 2 fully saturated rings. The van der Waals surface area contributed by atoms with E-state index in [0.717, 1.165) is 37.8 Å². The lowest BCUT2D eigenvalue weighted by molar-refractivity contribution is -0.162. The highest BCUT2D eigenvalue weighted by atomic mass is 16.6. The van der Waals surface area contributed by atoms with Gasteiger partial charge in [-0.25, -0.2) is 4.79 Å². The van der Waals surface area contributed by atoms with Crippen molar-refractivity contribution in [1.29, 1.82) is 0 Å². The first-order valence-corrected chi connectivity index (χ1v) is 14.8. The van der Waals surface area contributed by atoms with Crippen LogP contribution in [-0.4, -0.2) is 84.5 Å². The summed E-state index contributed by atoms with van der Waals surface area (Å²) in [7, 11) is 0. The number of fused-ring (bicyclic) bond motifs is 1. The van der Waals surface area contributed by atoms with Crippen LogP contribution in [0.2, 0.25) is 0 Å². The molecule has 38 heavy (non-hydrogen) atoms. The predicted octanol–water partition coefficient (Wildman–Crippen LogP) is 4.50. The van der Waals surface area contributed by atoms with Crippen LogP contribution in [0, 0.1) is 11.3 Å². The topological polar surface area (TPSA) is 96.5 Å². The van der Waals surface area contributed by atoms with Gasteiger partial charge >= 0.3 is 12.1 Å². The number of unbranched alkanes of at least 4 members (excludes halogenated alkanes) is 5. The van der Waals surface area contributed by atoms with E-state index in [1.807, 2.05) is 4.90 Å². The van der Waals surface area contributed by atoms with E-state index in [0.29, 0.717) is 52.2 Å². The largest absolute Gasteiger partial charge is 0.465 e. The summed E-state index contributed by atoms with van der Waals surface area (Å²) < 4.78 is 10.6. The fourth-order valence-electron chi connectivity index (χ4n) is 6.08. The van der Waals surface area contributed by atoms with E-state index in [2.05, 4.69) is 13.0 Å². The van der Waals surface area contributed by atoms with Gasteiger partial charge in [0, 0.05) is 50.8 Å². The number of allylic oxidation sites excluding steroid dienone is 1. The number of likely N-dealkylation sites (tertiary alicyclic amines) is 1. The van der Waals surface area contributed by atoms with Crippen molar-refractivity contribution in [3.63, 3.8) is 0 Å². The quantitative estimate of drug-likeness (QED) is 0.271. The molecule has 1 aliphatic carbocycles. The lowest BCUT2D eigenvalue weighted by Crippen LogP contribution is -2.55. The second-order valence-electron chi connectivity index (χ2n) is 10.7. The molecule has 9 heteroatoms. The van der Waals surface area contributed by atoms with Gasteiger partial charge in [0.15, 0.2) is 0 Å². The molecule has 0 aromatic rings. The fraction of sp³-hybridized carbons (Fsp3) is 0.793. The Balaban J connectivity index is 1.72. The molecule has 0 N–H and O–H groups in total. The lowest BCUT2D eigenvalue weighted by Gasteiger charge is -2.48. The summed E-state index contributed by atoms with van der Waals surface area (Å²) >= 11 is 0. The third kappa shape index (κ3) is 7.08. The Morgan fingerprint density at radius 1 is 0.921 bits per heavy atom. The van der Waals surface area contributed by atoms with Crippen molar-refractivity contribution in [2.24, 2.45) is 11.3 Å². The Bertz CT molecular complexity index is 866. The minimum Gasteiger partial charge on any atom is -0.465 e. The molecule has 0 aromatic carbocycles. The van der Waals surface area contributed by atoms with Crippen molar-refractivity contribution in [3.05, 3.63) is 11.8 Å². The fourth-order valence-corrected chi connectivity index (χ4v) is 6.08. The number of piperidine rings is 1. The first kappa shape index (κ1) is 30.0. The summed E-state index contributed by atoms with van der Waals surface area (Å²) in [5, 5.41) is 0. The number of amides is 3. The maximum atomic E-state index is 13.8. The highest BCUT2D eigenvalue weighted by Crippen LogP contribution is 2.50. The molecular weight excluding hydrogens is 486 g/mol. The summed E-state index contributed by atoms with van der Waals surface area (Å²) in [5.74, 6) is -0.990. The first-order valence-electron chi connectivity index (χ1n) is 14.8. The Labute approximate surface area is 227 Å². The van der Waals surface area contributed by atoms with Gasteiger partial charge in [-0.05, 0) is 46.0 Å². The van der Waals surface area contributed by atoms with E-state index in [-0.39, 0.29) is 36.9 Å². The van der Waals surface area contributed by atoms with Crippen LogP contribution in [0.4, 0.5) is 4.79 Å². The highest BCUT2D eigenvalue weighted by molar-refractivity contribution is 5.92. The molecule has 0 saturated carbocycles. The molecule has 2 saturated heterocycles. The van der Waals surface area contributed by atoms with Crippen molar-refractivity contribution in [2.75, 3.05) is 45.9 Å². The Kier molecular flexibility index (Phi) is 11.5. The molecule has 2 atom stereocenters. The lowest BCUT2D eigenvalue weighted by atomic mass is 9.66.